The van der Waals surface area contributed by atoms with Crippen molar-refractivity contribution in [2.45, 2.75) is 57.3 Å². The molecule has 1 aliphatic rings. The minimum atomic E-state index is -2.26. The molecule has 2 nitrogen and oxygen atoms in total. The van der Waals surface area contributed by atoms with E-state index in [0.717, 1.165) is 30.6 Å². The standard InChI is InChI=1S/C18H27FO2Si/c1-6-13(12-18(2,3)22(4,5)20)16-9-7-14-11-15(19)8-10-17(14)21-16/h6,8,10-11,13,16,20H,1,7,9,12H2,2-5H3/t13-,16-/m0/s1. The summed E-state index contributed by atoms with van der Waals surface area (Å²) in [4.78, 5) is 10.5. The molecule has 0 fully saturated rings. The molecule has 122 valence electrons. The van der Waals surface area contributed by atoms with Crippen molar-refractivity contribution in [2.75, 3.05) is 0 Å². The van der Waals surface area contributed by atoms with Gasteiger partial charge in [-0.25, -0.2) is 4.39 Å². The number of aryl methyl sites for hydroxylation is 1. The molecule has 1 aromatic carbocycles. The molecule has 1 heterocycles. The van der Waals surface area contributed by atoms with Crippen LogP contribution in [0.1, 0.15) is 32.3 Å². The van der Waals surface area contributed by atoms with E-state index in [1.54, 1.807) is 12.1 Å². The Morgan fingerprint density at radius 1 is 1.50 bits per heavy atom. The number of hydrogen-bond acceptors (Lipinski definition) is 2. The first-order valence-electron chi connectivity index (χ1n) is 7.94. The third-order valence-corrected chi connectivity index (χ3v) is 8.70. The summed E-state index contributed by atoms with van der Waals surface area (Å²) in [6.07, 6.45) is 4.53. The molecule has 0 radical (unpaired) electrons. The number of rotatable bonds is 5. The lowest BCUT2D eigenvalue weighted by Crippen LogP contribution is -2.42. The maximum atomic E-state index is 13.3. The molecule has 1 aliphatic heterocycles. The molecule has 4 heteroatoms. The van der Waals surface area contributed by atoms with E-state index < -0.39 is 8.32 Å². The highest BCUT2D eigenvalue weighted by molar-refractivity contribution is 6.72. The zero-order valence-corrected chi connectivity index (χ0v) is 15.0. The second-order valence-corrected chi connectivity index (χ2v) is 12.0. The summed E-state index contributed by atoms with van der Waals surface area (Å²) in [7, 11) is -2.26. The van der Waals surface area contributed by atoms with Gasteiger partial charge in [-0.1, -0.05) is 19.9 Å². The molecule has 0 saturated heterocycles. The number of halogens is 1. The third kappa shape index (κ3) is 3.61. The number of fused-ring (bicyclic) bond motifs is 1. The lowest BCUT2D eigenvalue weighted by Gasteiger charge is -2.40. The maximum Gasteiger partial charge on any atom is 0.188 e. The summed E-state index contributed by atoms with van der Waals surface area (Å²) in [5.41, 5.74) is 0.940. The van der Waals surface area contributed by atoms with Crippen molar-refractivity contribution in [1.82, 2.24) is 0 Å². The van der Waals surface area contributed by atoms with Crippen molar-refractivity contribution in [2.24, 2.45) is 5.92 Å². The topological polar surface area (TPSA) is 29.5 Å². The van der Waals surface area contributed by atoms with E-state index in [9.17, 15) is 9.19 Å². The van der Waals surface area contributed by atoms with Crippen molar-refractivity contribution in [3.8, 4) is 5.75 Å². The van der Waals surface area contributed by atoms with Crippen LogP contribution in [0.3, 0.4) is 0 Å². The average molecular weight is 322 g/mol. The minimum absolute atomic E-state index is 0.0473. The van der Waals surface area contributed by atoms with E-state index in [2.05, 4.69) is 20.4 Å². The summed E-state index contributed by atoms with van der Waals surface area (Å²) in [6, 6.07) is 4.72. The molecular weight excluding hydrogens is 295 g/mol. The van der Waals surface area contributed by atoms with Crippen LogP contribution in [0.2, 0.25) is 18.1 Å². The number of benzene rings is 1. The SMILES string of the molecule is C=C[C@@H](CC(C)(C)[Si](C)(C)O)[C@@H]1CCc2cc(F)ccc2O1. The van der Waals surface area contributed by atoms with Crippen LogP contribution in [0.4, 0.5) is 4.39 Å². The van der Waals surface area contributed by atoms with Gasteiger partial charge in [0.1, 0.15) is 17.7 Å². The van der Waals surface area contributed by atoms with Gasteiger partial charge in [0.05, 0.1) is 0 Å². The average Bonchev–Trinajstić information content (AvgIpc) is 2.43. The summed E-state index contributed by atoms with van der Waals surface area (Å²) < 4.78 is 19.4. The Bertz CT molecular complexity index is 549. The molecular formula is C18H27FO2Si. The van der Waals surface area contributed by atoms with Crippen LogP contribution in [0.25, 0.3) is 0 Å². The Morgan fingerprint density at radius 2 is 2.18 bits per heavy atom. The van der Waals surface area contributed by atoms with Crippen molar-refractivity contribution in [3.05, 3.63) is 42.2 Å². The fourth-order valence-electron chi connectivity index (χ4n) is 2.89. The second kappa shape index (κ2) is 6.17. The largest absolute Gasteiger partial charge is 0.490 e. The Balaban J connectivity index is 2.13. The Morgan fingerprint density at radius 3 is 2.77 bits per heavy atom. The fraction of sp³-hybridized carbons (Fsp3) is 0.556. The lowest BCUT2D eigenvalue weighted by molar-refractivity contribution is 0.120. The number of ether oxygens (including phenoxy) is 1. The van der Waals surface area contributed by atoms with Crippen LogP contribution in [0.15, 0.2) is 30.9 Å². The highest BCUT2D eigenvalue weighted by atomic mass is 28.4. The van der Waals surface area contributed by atoms with Crippen molar-refractivity contribution >= 4 is 8.32 Å². The highest BCUT2D eigenvalue weighted by Crippen LogP contribution is 2.44. The van der Waals surface area contributed by atoms with E-state index in [-0.39, 0.29) is 22.9 Å². The smallest absolute Gasteiger partial charge is 0.188 e. The highest BCUT2D eigenvalue weighted by Gasteiger charge is 2.41. The van der Waals surface area contributed by atoms with Gasteiger partial charge in [0, 0.05) is 5.92 Å². The molecule has 1 N–H and O–H groups in total. The van der Waals surface area contributed by atoms with Crippen LogP contribution in [-0.2, 0) is 6.42 Å². The summed E-state index contributed by atoms with van der Waals surface area (Å²) in [5.74, 6) is 0.755. The van der Waals surface area contributed by atoms with Gasteiger partial charge in [-0.15, -0.1) is 6.58 Å². The summed E-state index contributed by atoms with van der Waals surface area (Å²) in [6.45, 7) is 12.2. The molecule has 22 heavy (non-hydrogen) atoms. The first-order valence-corrected chi connectivity index (χ1v) is 10.9. The van der Waals surface area contributed by atoms with Gasteiger partial charge in [0.25, 0.3) is 0 Å². The molecule has 0 saturated carbocycles. The van der Waals surface area contributed by atoms with E-state index >= 15 is 0 Å². The zero-order chi connectivity index (χ0) is 16.5. The monoisotopic (exact) mass is 322 g/mol. The Kier molecular flexibility index (Phi) is 4.83. The molecule has 0 amide bonds. The Hall–Kier alpha value is -1.13. The van der Waals surface area contributed by atoms with Crippen LogP contribution in [-0.4, -0.2) is 19.2 Å². The van der Waals surface area contributed by atoms with Crippen LogP contribution >= 0.6 is 0 Å². The van der Waals surface area contributed by atoms with E-state index in [1.807, 2.05) is 19.2 Å². The van der Waals surface area contributed by atoms with Gasteiger partial charge < -0.3 is 9.53 Å². The molecule has 0 aliphatic carbocycles. The van der Waals surface area contributed by atoms with Crippen molar-refractivity contribution in [1.29, 1.82) is 0 Å². The summed E-state index contributed by atoms with van der Waals surface area (Å²) in [5, 5.41) is -0.113. The molecule has 0 aromatic heterocycles. The Labute approximate surface area is 134 Å². The van der Waals surface area contributed by atoms with Crippen LogP contribution in [0.5, 0.6) is 5.75 Å². The van der Waals surface area contributed by atoms with Gasteiger partial charge in [0.15, 0.2) is 8.32 Å². The third-order valence-electron chi connectivity index (χ3n) is 5.18. The molecule has 0 spiro atoms. The normalized spacial score (nSPS) is 20.0. The van der Waals surface area contributed by atoms with E-state index in [1.165, 1.54) is 6.07 Å². The molecule has 1 aromatic rings. The predicted octanol–water partition coefficient (Wildman–Crippen LogP) is 4.69. The van der Waals surface area contributed by atoms with Crippen LogP contribution < -0.4 is 4.74 Å². The van der Waals surface area contributed by atoms with Crippen molar-refractivity contribution in [3.63, 3.8) is 0 Å². The fourth-order valence-corrected chi connectivity index (χ4v) is 3.62. The second-order valence-electron chi connectivity index (χ2n) is 7.49. The van der Waals surface area contributed by atoms with Crippen molar-refractivity contribution < 1.29 is 13.9 Å². The van der Waals surface area contributed by atoms with Gasteiger partial charge in [-0.05, 0) is 61.2 Å². The molecule has 2 atom stereocenters. The van der Waals surface area contributed by atoms with E-state index in [4.69, 9.17) is 4.74 Å². The minimum Gasteiger partial charge on any atom is -0.490 e. The summed E-state index contributed by atoms with van der Waals surface area (Å²) >= 11 is 0. The first-order chi connectivity index (χ1) is 10.1. The zero-order valence-electron chi connectivity index (χ0n) is 14.0. The predicted molar refractivity (Wildman–Crippen MR) is 91.2 cm³/mol. The number of hydrogen-bond donors (Lipinski definition) is 1. The molecule has 0 unspecified atom stereocenters. The van der Waals surface area contributed by atoms with Crippen LogP contribution in [0, 0.1) is 11.7 Å². The maximum absolute atomic E-state index is 13.3. The quantitative estimate of drug-likeness (QED) is 0.629. The lowest BCUT2D eigenvalue weighted by atomic mass is 9.87. The van der Waals surface area contributed by atoms with Gasteiger partial charge in [0.2, 0.25) is 0 Å². The molecule has 0 bridgehead atoms. The molecule has 2 rings (SSSR count). The van der Waals surface area contributed by atoms with Gasteiger partial charge >= 0.3 is 0 Å². The van der Waals surface area contributed by atoms with Gasteiger partial charge in [-0.3, -0.25) is 0 Å². The van der Waals surface area contributed by atoms with Gasteiger partial charge in [-0.2, -0.15) is 0 Å². The van der Waals surface area contributed by atoms with E-state index in [0.29, 0.717) is 0 Å². The first kappa shape index (κ1) is 17.2.